The summed E-state index contributed by atoms with van der Waals surface area (Å²) in [5.74, 6) is -20.3. The van der Waals surface area contributed by atoms with Crippen molar-refractivity contribution in [3.8, 4) is 5.75 Å². The lowest BCUT2D eigenvalue weighted by Gasteiger charge is -2.30. The molecule has 1 aliphatic rings. The number of phenols is 1. The molecule has 568 valence electrons. The van der Waals surface area contributed by atoms with Crippen LogP contribution in [-0.2, 0) is 94.3 Å². The minimum atomic E-state index is -1.98. The zero-order chi connectivity index (χ0) is 77.2. The van der Waals surface area contributed by atoms with Crippen molar-refractivity contribution < 1.29 is 96.8 Å². The average Bonchev–Trinajstić information content (AvgIpc) is 1.73. The van der Waals surface area contributed by atoms with E-state index in [0.29, 0.717) is 5.69 Å². The molecule has 1 aliphatic heterocycles. The van der Waals surface area contributed by atoms with Gasteiger partial charge in [-0.05, 0) is 56.7 Å². The molecule has 2 heterocycles. The maximum atomic E-state index is 14.5. The number of benzene rings is 1. The number of likely N-dealkylation sites (tertiary alicyclic amines) is 1. The number of nitrogens with zero attached hydrogens (tertiary/aromatic N) is 3. The standard InChI is InChI=1S/C58H87N21O20S4/c1-26(68-55(96)40-5-3-13-79(40)56(97)35(15-28-19-64-25-67-28)74-53(94)37(22-101)77-54(95)38(23-102)76-48(89)30(69-43(83)18-59)4-2-12-65-58(62)63)46(87)75-36(21-100)47(88)66-20-44(84)70-31(10-11-41(60)81)49(90)72-33(16-42(61)82)51(92)71-32(14-27-6-8-29(80)9-7-27)50(91)73-34(17-45(85)86)52(93)78-39(24-103)57(98)99/h6-9,19,25-26,30-40,80,100-103H,2-5,10-18,20-24,59H2,1H3,(H2,60,81)(H2,61,82)(H,64,67)(H,66,88)(H,68,96)(H,69,83)(H,70,84)(H,71,92)(H,72,90)(H,73,91)(H,74,94)(H,75,87)(H,76,89)(H,77,95)(H,78,93)(H,85,86)(H,98,99)(H4,62,63,65)/t26-,30-,31-,32-,33-,34-,35-,36-,37-,38-,39-,40-/m0/s1. The number of aromatic nitrogens is 2. The number of phenolic OH excluding ortho intramolecular Hbond substituents is 1. The number of rotatable bonds is 45. The number of H-pyrrole nitrogens is 1. The number of aliphatic carboxylic acids is 2. The van der Waals surface area contributed by atoms with E-state index in [9.17, 15) is 96.8 Å². The van der Waals surface area contributed by atoms with Gasteiger partial charge in [0.1, 0.15) is 78.3 Å². The summed E-state index contributed by atoms with van der Waals surface area (Å²) in [6.07, 6.45) is -0.596. The van der Waals surface area contributed by atoms with Gasteiger partial charge in [-0.25, -0.2) is 9.78 Å². The van der Waals surface area contributed by atoms with Crippen LogP contribution in [0.25, 0.3) is 0 Å². The quantitative estimate of drug-likeness (QED) is 0.0127. The Bertz CT molecular complexity index is 3390. The minimum absolute atomic E-state index is 0.00135. The molecule has 0 bridgehead atoms. The molecule has 103 heavy (non-hydrogen) atoms. The predicted molar refractivity (Wildman–Crippen MR) is 375 cm³/mol. The largest absolute Gasteiger partial charge is 0.508 e. The minimum Gasteiger partial charge on any atom is -0.508 e. The molecule has 3 rings (SSSR count). The van der Waals surface area contributed by atoms with E-state index < -0.39 is 230 Å². The number of thiol groups is 4. The van der Waals surface area contributed by atoms with E-state index in [1.807, 2.05) is 5.32 Å². The van der Waals surface area contributed by atoms with Crippen LogP contribution in [0.4, 0.5) is 0 Å². The van der Waals surface area contributed by atoms with Crippen molar-refractivity contribution in [1.29, 1.82) is 0 Å². The molecule has 1 fully saturated rings. The lowest BCUT2D eigenvalue weighted by molar-refractivity contribution is -0.143. The highest BCUT2D eigenvalue weighted by Crippen LogP contribution is 2.21. The molecule has 1 saturated heterocycles. The van der Waals surface area contributed by atoms with Gasteiger partial charge in [0.15, 0.2) is 5.96 Å². The molecule has 41 nitrogen and oxygen atoms in total. The first-order valence-electron chi connectivity index (χ1n) is 31.5. The molecule has 0 saturated carbocycles. The van der Waals surface area contributed by atoms with Gasteiger partial charge in [-0.15, -0.1) is 0 Å². The number of hydrogen-bond donors (Lipinski definition) is 25. The number of imidazole rings is 1. The number of nitrogens with two attached hydrogens (primary N) is 5. The second kappa shape index (κ2) is 44.3. The molecule has 1 aromatic carbocycles. The molecule has 12 atom stereocenters. The maximum Gasteiger partial charge on any atom is 0.327 e. The molecule has 0 unspecified atom stereocenters. The highest BCUT2D eigenvalue weighted by Gasteiger charge is 2.41. The van der Waals surface area contributed by atoms with Gasteiger partial charge in [0.2, 0.25) is 88.6 Å². The van der Waals surface area contributed by atoms with Gasteiger partial charge in [-0.3, -0.25) is 81.7 Å². The van der Waals surface area contributed by atoms with E-state index in [2.05, 4.69) is 124 Å². The van der Waals surface area contributed by atoms with Crippen LogP contribution >= 0.6 is 50.5 Å². The first kappa shape index (κ1) is 87.1. The number of carboxylic acid groups (broad SMARTS) is 2. The molecule has 0 radical (unpaired) electrons. The lowest BCUT2D eigenvalue weighted by atomic mass is 10.0. The van der Waals surface area contributed by atoms with Crippen LogP contribution in [0.15, 0.2) is 41.8 Å². The monoisotopic (exact) mass is 1530 g/mol. The molecule has 45 heteroatoms. The van der Waals surface area contributed by atoms with E-state index >= 15 is 0 Å². The molecule has 0 spiro atoms. The molecule has 1 aromatic heterocycles. The van der Waals surface area contributed by atoms with Crippen molar-refractivity contribution >= 4 is 157 Å². The SMILES string of the molecule is C[C@H](NC(=O)[C@@H]1CCCN1C(=O)[C@H](Cc1cnc[nH]1)NC(=O)[C@H](CS)NC(=O)[C@H](CS)NC(=O)[C@H](CCCN=C(N)N)NC(=O)CN)C(=O)N[C@@H](CS)C(=O)NCC(=O)N[C@@H](CCC(N)=O)C(=O)N[C@@H](CC(N)=O)C(=O)N[C@@H](Cc1ccc(O)cc1)C(=O)N[C@@H](CC(=O)O)C(=O)N[C@@H](CS)C(=O)O. The van der Waals surface area contributed by atoms with Crippen LogP contribution in [0.2, 0.25) is 0 Å². The summed E-state index contributed by atoms with van der Waals surface area (Å²) in [5, 5.41) is 56.8. The second-order valence-corrected chi connectivity index (χ2v) is 24.5. The van der Waals surface area contributed by atoms with Crippen molar-refractivity contribution in [1.82, 2.24) is 78.7 Å². The third-order valence-electron chi connectivity index (χ3n) is 15.0. The van der Waals surface area contributed by atoms with Gasteiger partial charge in [-0.1, -0.05) is 12.1 Å². The topological polar surface area (TPSA) is 670 Å². The Kier molecular flexibility index (Phi) is 37.4. The average molecular weight is 1530 g/mol. The van der Waals surface area contributed by atoms with E-state index in [1.165, 1.54) is 48.6 Å². The molecule has 0 aliphatic carbocycles. The van der Waals surface area contributed by atoms with Gasteiger partial charge >= 0.3 is 11.9 Å². The summed E-state index contributed by atoms with van der Waals surface area (Å²) in [5.41, 5.74) is 27.5. The van der Waals surface area contributed by atoms with Crippen LogP contribution in [0, 0.1) is 0 Å². The number of hydrogen-bond acceptors (Lipinski definition) is 25. The predicted octanol–water partition coefficient (Wildman–Crippen LogP) is -10.2. The van der Waals surface area contributed by atoms with Crippen molar-refractivity contribution in [2.24, 2.45) is 33.7 Å². The lowest BCUT2D eigenvalue weighted by Crippen LogP contribution is -2.60. The Morgan fingerprint density at radius 1 is 0.573 bits per heavy atom. The van der Waals surface area contributed by atoms with E-state index in [4.69, 9.17) is 28.7 Å². The summed E-state index contributed by atoms with van der Waals surface area (Å²) in [4.78, 5) is 236. The third-order valence-corrected chi connectivity index (χ3v) is 16.5. The number of guanidine groups is 1. The third kappa shape index (κ3) is 30.5. The van der Waals surface area contributed by atoms with Crippen LogP contribution < -0.4 is 92.5 Å². The number of primary amides is 2. The smallest absolute Gasteiger partial charge is 0.327 e. The zero-order valence-electron chi connectivity index (χ0n) is 55.4. The summed E-state index contributed by atoms with van der Waals surface area (Å²) in [6.45, 7) is -0.0318. The van der Waals surface area contributed by atoms with E-state index in [0.717, 1.165) is 0 Å². The van der Waals surface area contributed by atoms with Crippen molar-refractivity contribution in [3.05, 3.63) is 48.0 Å². The van der Waals surface area contributed by atoms with Gasteiger partial charge in [0.25, 0.3) is 0 Å². The number of aromatic hydroxyl groups is 1. The number of aromatic amines is 1. The fourth-order valence-electron chi connectivity index (χ4n) is 9.65. The summed E-state index contributed by atoms with van der Waals surface area (Å²) < 4.78 is 0. The maximum absolute atomic E-state index is 14.5. The Morgan fingerprint density at radius 2 is 1.06 bits per heavy atom. The highest BCUT2D eigenvalue weighted by molar-refractivity contribution is 7.80. The van der Waals surface area contributed by atoms with E-state index in [1.54, 1.807) is 0 Å². The van der Waals surface area contributed by atoms with Gasteiger partial charge in [-0.2, -0.15) is 50.5 Å². The summed E-state index contributed by atoms with van der Waals surface area (Å²) in [6, 6.07) is -13.7. The van der Waals surface area contributed by atoms with Crippen LogP contribution in [0.1, 0.15) is 69.5 Å². The normalized spacial score (nSPS) is 15.6. The summed E-state index contributed by atoms with van der Waals surface area (Å²) in [7, 11) is 0. The number of carbonyl (C=O) groups excluding carboxylic acids is 15. The molecule has 26 N–H and O–H groups in total. The first-order chi connectivity index (χ1) is 48.6. The number of nitrogens with one attached hydrogen (secondary N) is 13. The summed E-state index contributed by atoms with van der Waals surface area (Å²) >= 11 is 16.4. The van der Waals surface area contributed by atoms with Gasteiger partial charge < -0.3 is 118 Å². The number of carbonyl (C=O) groups is 17. The second-order valence-electron chi connectivity index (χ2n) is 23.0. The molecular formula is C58H87N21O20S4. The van der Waals surface area contributed by atoms with Crippen molar-refractivity contribution in [2.45, 2.75) is 144 Å². The molecule has 2 aromatic rings. The zero-order valence-corrected chi connectivity index (χ0v) is 59.0. The van der Waals surface area contributed by atoms with Crippen LogP contribution in [-0.4, -0.2) is 258 Å². The fraction of sp³-hybridized carbons (Fsp3) is 0.534. The Hall–Kier alpha value is -10.2. The van der Waals surface area contributed by atoms with Crippen LogP contribution in [0.3, 0.4) is 0 Å². The number of aliphatic imine (C=N–C) groups is 1. The molecule has 15 amide bonds. The van der Waals surface area contributed by atoms with Crippen molar-refractivity contribution in [2.75, 3.05) is 49.2 Å². The van der Waals surface area contributed by atoms with Gasteiger partial charge in [0.05, 0.1) is 32.3 Å². The Morgan fingerprint density at radius 3 is 1.57 bits per heavy atom. The Balaban J connectivity index is 1.72. The first-order valence-corrected chi connectivity index (χ1v) is 34.0. The van der Waals surface area contributed by atoms with Crippen molar-refractivity contribution in [3.63, 3.8) is 0 Å². The fourth-order valence-corrected chi connectivity index (χ4v) is 10.7. The molecular weight excluding hydrogens is 1440 g/mol. The van der Waals surface area contributed by atoms with E-state index in [-0.39, 0.29) is 74.0 Å². The van der Waals surface area contributed by atoms with Crippen LogP contribution in [0.5, 0.6) is 5.75 Å². The number of amides is 15. The Labute approximate surface area is 609 Å². The van der Waals surface area contributed by atoms with Gasteiger partial charge in [0, 0.05) is 67.3 Å². The highest BCUT2D eigenvalue weighted by atomic mass is 32.1. The number of carboxylic acids is 2.